The molecule has 0 saturated heterocycles. The van der Waals surface area contributed by atoms with Gasteiger partial charge >= 0.3 is 0 Å². The maximum absolute atomic E-state index is 12.3. The van der Waals surface area contributed by atoms with E-state index >= 15 is 0 Å². The van der Waals surface area contributed by atoms with Gasteiger partial charge in [-0.25, -0.2) is 4.83 Å². The third kappa shape index (κ3) is 2.18. The standard InChI is InChI=1S/C17H22N2O2S/c1-12-4-6-15(7-5-12)22(20,21)19-18-16-11-17-8-2-3-14(17)9-13(16)10-17/h4-7,13-14,19H,2-3,8-11H2,1H3/b18-16+. The Balaban J connectivity index is 1.52. The van der Waals surface area contributed by atoms with Crippen molar-refractivity contribution < 1.29 is 8.42 Å². The second-order valence-corrected chi connectivity index (χ2v) is 8.94. The number of hydrazone groups is 1. The van der Waals surface area contributed by atoms with Gasteiger partial charge in [-0.3, -0.25) is 0 Å². The average Bonchev–Trinajstić information content (AvgIpc) is 3.12. The number of fused-ring (bicyclic) bond motifs is 1. The van der Waals surface area contributed by atoms with Crippen molar-refractivity contribution in [2.75, 3.05) is 0 Å². The van der Waals surface area contributed by atoms with Gasteiger partial charge in [-0.1, -0.05) is 24.1 Å². The van der Waals surface area contributed by atoms with Crippen molar-refractivity contribution >= 4 is 15.7 Å². The summed E-state index contributed by atoms with van der Waals surface area (Å²) in [5, 5.41) is 4.31. The smallest absolute Gasteiger partial charge is 0.200 e. The van der Waals surface area contributed by atoms with E-state index in [0.29, 0.717) is 11.3 Å². The number of rotatable bonds is 3. The Bertz CT molecular complexity index is 724. The highest BCUT2D eigenvalue weighted by Gasteiger charge is 2.56. The van der Waals surface area contributed by atoms with Crippen LogP contribution in [0.3, 0.4) is 0 Å². The van der Waals surface area contributed by atoms with Crippen LogP contribution < -0.4 is 4.83 Å². The third-order valence-corrected chi connectivity index (χ3v) is 7.18. The van der Waals surface area contributed by atoms with E-state index < -0.39 is 10.0 Å². The summed E-state index contributed by atoms with van der Waals surface area (Å²) < 4.78 is 24.6. The molecule has 0 heterocycles. The van der Waals surface area contributed by atoms with Crippen molar-refractivity contribution in [1.82, 2.24) is 4.83 Å². The Morgan fingerprint density at radius 3 is 2.82 bits per heavy atom. The van der Waals surface area contributed by atoms with Gasteiger partial charge in [0.15, 0.2) is 0 Å². The van der Waals surface area contributed by atoms with Crippen LogP contribution >= 0.6 is 0 Å². The topological polar surface area (TPSA) is 58.5 Å². The second kappa shape index (κ2) is 4.82. The molecule has 3 fully saturated rings. The summed E-state index contributed by atoms with van der Waals surface area (Å²) in [4.78, 5) is 2.74. The van der Waals surface area contributed by atoms with Gasteiger partial charge in [-0.2, -0.15) is 13.5 Å². The first-order valence-corrected chi connectivity index (χ1v) is 9.62. The van der Waals surface area contributed by atoms with Gasteiger partial charge in [0.2, 0.25) is 0 Å². The van der Waals surface area contributed by atoms with Gasteiger partial charge in [0.05, 0.1) is 4.90 Å². The highest BCUT2D eigenvalue weighted by Crippen LogP contribution is 2.63. The molecule has 3 unspecified atom stereocenters. The van der Waals surface area contributed by atoms with Gasteiger partial charge in [0.25, 0.3) is 10.0 Å². The van der Waals surface area contributed by atoms with E-state index in [0.717, 1.165) is 23.6 Å². The molecular weight excluding hydrogens is 296 g/mol. The fourth-order valence-corrected chi connectivity index (χ4v) is 5.69. The maximum atomic E-state index is 12.3. The van der Waals surface area contributed by atoms with E-state index in [9.17, 15) is 8.42 Å². The molecule has 1 aromatic rings. The Hall–Kier alpha value is -1.36. The van der Waals surface area contributed by atoms with Gasteiger partial charge in [-0.05, 0) is 68.4 Å². The van der Waals surface area contributed by atoms with Gasteiger partial charge in [-0.15, -0.1) is 0 Å². The number of nitrogens with one attached hydrogen (secondary N) is 1. The third-order valence-electron chi connectivity index (χ3n) is 5.96. The van der Waals surface area contributed by atoms with Crippen molar-refractivity contribution in [2.24, 2.45) is 22.4 Å². The highest BCUT2D eigenvalue weighted by molar-refractivity contribution is 7.89. The lowest BCUT2D eigenvalue weighted by Crippen LogP contribution is -2.26. The Kier molecular flexibility index (Phi) is 3.12. The van der Waals surface area contributed by atoms with Crippen molar-refractivity contribution in [3.63, 3.8) is 0 Å². The number of nitrogens with zero attached hydrogens (tertiary/aromatic N) is 1. The van der Waals surface area contributed by atoms with Gasteiger partial charge < -0.3 is 0 Å². The summed E-state index contributed by atoms with van der Waals surface area (Å²) in [6, 6.07) is 6.87. The molecule has 0 amide bonds. The van der Waals surface area contributed by atoms with Crippen LogP contribution in [-0.2, 0) is 10.0 Å². The normalized spacial score (nSPS) is 35.0. The Morgan fingerprint density at radius 2 is 2.05 bits per heavy atom. The van der Waals surface area contributed by atoms with Crippen molar-refractivity contribution in [2.45, 2.75) is 50.3 Å². The molecule has 2 bridgehead atoms. The van der Waals surface area contributed by atoms with E-state index in [2.05, 4.69) is 9.93 Å². The molecular formula is C17H22N2O2S. The van der Waals surface area contributed by atoms with E-state index in [-0.39, 0.29) is 4.90 Å². The van der Waals surface area contributed by atoms with Gasteiger partial charge in [0, 0.05) is 5.71 Å². The van der Waals surface area contributed by atoms with Crippen molar-refractivity contribution in [3.8, 4) is 0 Å². The molecule has 1 aromatic carbocycles. The number of benzene rings is 1. The molecule has 3 saturated carbocycles. The summed E-state index contributed by atoms with van der Waals surface area (Å²) in [7, 11) is -3.54. The van der Waals surface area contributed by atoms with E-state index in [1.54, 1.807) is 24.3 Å². The second-order valence-electron chi connectivity index (χ2n) is 7.28. The molecule has 3 atom stereocenters. The zero-order valence-corrected chi connectivity index (χ0v) is 13.7. The Labute approximate surface area is 132 Å². The van der Waals surface area contributed by atoms with Crippen LogP contribution in [0.25, 0.3) is 0 Å². The molecule has 3 aliphatic rings. The highest BCUT2D eigenvalue weighted by atomic mass is 32.2. The number of aryl methyl sites for hydroxylation is 1. The molecule has 4 rings (SSSR count). The fourth-order valence-electron chi connectivity index (χ4n) is 4.85. The molecule has 5 heteroatoms. The molecule has 1 spiro atoms. The van der Waals surface area contributed by atoms with Crippen LogP contribution in [0.2, 0.25) is 0 Å². The van der Waals surface area contributed by atoms with E-state index in [1.807, 2.05) is 6.92 Å². The Morgan fingerprint density at radius 1 is 1.27 bits per heavy atom. The lowest BCUT2D eigenvalue weighted by Gasteiger charge is -2.28. The summed E-state index contributed by atoms with van der Waals surface area (Å²) >= 11 is 0. The lowest BCUT2D eigenvalue weighted by atomic mass is 9.77. The summed E-state index contributed by atoms with van der Waals surface area (Å²) in [5.74, 6) is 1.37. The van der Waals surface area contributed by atoms with E-state index in [4.69, 9.17) is 0 Å². The largest absolute Gasteiger partial charge is 0.276 e. The molecule has 4 nitrogen and oxygen atoms in total. The number of hydrogen-bond acceptors (Lipinski definition) is 3. The fraction of sp³-hybridized carbons (Fsp3) is 0.588. The monoisotopic (exact) mass is 318 g/mol. The first kappa shape index (κ1) is 14.2. The summed E-state index contributed by atoms with van der Waals surface area (Å²) in [5.41, 5.74) is 2.58. The molecule has 0 aromatic heterocycles. The maximum Gasteiger partial charge on any atom is 0.276 e. The molecule has 0 radical (unpaired) electrons. The van der Waals surface area contributed by atoms with Crippen LogP contribution in [0.15, 0.2) is 34.3 Å². The molecule has 1 N–H and O–H groups in total. The molecule has 0 aliphatic heterocycles. The minimum atomic E-state index is -3.54. The molecule has 118 valence electrons. The summed E-state index contributed by atoms with van der Waals surface area (Å²) in [6.07, 6.45) is 7.43. The first-order chi connectivity index (χ1) is 10.5. The van der Waals surface area contributed by atoms with E-state index in [1.165, 1.54) is 32.1 Å². The summed E-state index contributed by atoms with van der Waals surface area (Å²) in [6.45, 7) is 1.94. The quantitative estimate of drug-likeness (QED) is 0.870. The number of sulfonamides is 1. The average molecular weight is 318 g/mol. The number of hydrogen-bond donors (Lipinski definition) is 1. The van der Waals surface area contributed by atoms with Crippen LogP contribution in [0, 0.1) is 24.2 Å². The van der Waals surface area contributed by atoms with Crippen LogP contribution in [0.5, 0.6) is 0 Å². The van der Waals surface area contributed by atoms with Gasteiger partial charge in [0.1, 0.15) is 0 Å². The lowest BCUT2D eigenvalue weighted by molar-refractivity contribution is 0.260. The van der Waals surface area contributed by atoms with Crippen molar-refractivity contribution in [1.29, 1.82) is 0 Å². The first-order valence-electron chi connectivity index (χ1n) is 8.13. The van der Waals surface area contributed by atoms with Crippen molar-refractivity contribution in [3.05, 3.63) is 29.8 Å². The minimum Gasteiger partial charge on any atom is -0.200 e. The molecule has 22 heavy (non-hydrogen) atoms. The minimum absolute atomic E-state index is 0.280. The van der Waals surface area contributed by atoms with Crippen LogP contribution in [-0.4, -0.2) is 14.1 Å². The molecule has 3 aliphatic carbocycles. The predicted molar refractivity (Wildman–Crippen MR) is 86.1 cm³/mol. The predicted octanol–water partition coefficient (Wildman–Crippen LogP) is 3.23. The zero-order valence-electron chi connectivity index (χ0n) is 12.9. The SMILES string of the molecule is Cc1ccc(S(=O)(=O)N/N=C2\CC34CCCC3CC2C4)cc1. The van der Waals surface area contributed by atoms with Crippen LogP contribution in [0.4, 0.5) is 0 Å². The zero-order chi connectivity index (χ0) is 15.4. The van der Waals surface area contributed by atoms with Crippen LogP contribution in [0.1, 0.15) is 44.1 Å².